The third kappa shape index (κ3) is 1.30. The van der Waals surface area contributed by atoms with Gasteiger partial charge in [-0.15, -0.1) is 0 Å². The Labute approximate surface area is 60.6 Å². The van der Waals surface area contributed by atoms with E-state index in [1.165, 1.54) is 0 Å². The lowest BCUT2D eigenvalue weighted by Crippen LogP contribution is -2.06. The van der Waals surface area contributed by atoms with Crippen LogP contribution < -0.4 is 0 Å². The Kier molecular flexibility index (Phi) is 1.96. The first kappa shape index (κ1) is 7.14. The third-order valence-electron chi connectivity index (χ3n) is 1.57. The quantitative estimate of drug-likeness (QED) is 0.415. The smallest absolute Gasteiger partial charge is 0.310 e. The van der Waals surface area contributed by atoms with Crippen molar-refractivity contribution in [3.05, 3.63) is 6.42 Å². The molecule has 0 bridgehead atoms. The molecule has 2 unspecified atom stereocenters. The molecule has 1 aliphatic rings. The minimum atomic E-state index is -0.174. The summed E-state index contributed by atoms with van der Waals surface area (Å²) in [6.45, 7) is 2.21. The first-order chi connectivity index (χ1) is 4.79. The Balaban J connectivity index is 2.27. The van der Waals surface area contributed by atoms with Crippen molar-refractivity contribution in [2.24, 2.45) is 11.8 Å². The van der Waals surface area contributed by atoms with Crippen LogP contribution in [0, 0.1) is 24.2 Å². The number of esters is 1. The topological polar surface area (TPSA) is 26.3 Å². The van der Waals surface area contributed by atoms with Gasteiger partial charge in [0.15, 0.2) is 0 Å². The molecule has 0 aromatic carbocycles. The van der Waals surface area contributed by atoms with E-state index in [1.54, 1.807) is 6.92 Å². The highest BCUT2D eigenvalue weighted by atomic mass is 16.5. The van der Waals surface area contributed by atoms with E-state index in [0.29, 0.717) is 6.61 Å². The highest BCUT2D eigenvalue weighted by Crippen LogP contribution is 2.38. The van der Waals surface area contributed by atoms with Gasteiger partial charge in [-0.2, -0.15) is 0 Å². The predicted octanol–water partition coefficient (Wildman–Crippen LogP) is 0.775. The van der Waals surface area contributed by atoms with Gasteiger partial charge in [0.25, 0.3) is 0 Å². The molecule has 1 aliphatic carbocycles. The first-order valence-electron chi connectivity index (χ1n) is 3.38. The van der Waals surface area contributed by atoms with Crippen molar-refractivity contribution < 1.29 is 9.53 Å². The molecular weight excluding hydrogens is 128 g/mol. The fraction of sp³-hybridized carbons (Fsp3) is 0.625. The van der Waals surface area contributed by atoms with E-state index in [-0.39, 0.29) is 17.8 Å². The Morgan fingerprint density at radius 3 is 3.00 bits per heavy atom. The number of hydrogen-bond acceptors (Lipinski definition) is 2. The van der Waals surface area contributed by atoms with Gasteiger partial charge in [0.2, 0.25) is 0 Å². The summed E-state index contributed by atoms with van der Waals surface area (Å²) in [7, 11) is 0. The SMILES string of the molecule is [C]#CC1CC1C(=O)OCC. The summed E-state index contributed by atoms with van der Waals surface area (Å²) in [6.07, 6.45) is 7.47. The van der Waals surface area contributed by atoms with Gasteiger partial charge in [-0.3, -0.25) is 4.79 Å². The Bertz CT molecular complexity index is 178. The van der Waals surface area contributed by atoms with E-state index >= 15 is 0 Å². The minimum Gasteiger partial charge on any atom is -0.466 e. The molecule has 1 radical (unpaired) electrons. The van der Waals surface area contributed by atoms with E-state index in [0.717, 1.165) is 6.42 Å². The maximum atomic E-state index is 10.8. The Morgan fingerprint density at radius 2 is 2.60 bits per heavy atom. The molecule has 0 saturated heterocycles. The standard InChI is InChI=1S/C8H9O2/c1-3-6-5-7(6)8(9)10-4-2/h6-7H,4-5H2,2H3. The zero-order valence-electron chi connectivity index (χ0n) is 5.89. The summed E-state index contributed by atoms with van der Waals surface area (Å²) in [5.74, 6) is 2.09. The van der Waals surface area contributed by atoms with Gasteiger partial charge in [-0.05, 0) is 19.8 Å². The zero-order valence-corrected chi connectivity index (χ0v) is 5.89. The number of carbonyl (C=O) groups is 1. The van der Waals surface area contributed by atoms with Crippen molar-refractivity contribution in [2.45, 2.75) is 13.3 Å². The fourth-order valence-corrected chi connectivity index (χ4v) is 0.864. The third-order valence-corrected chi connectivity index (χ3v) is 1.57. The van der Waals surface area contributed by atoms with Crippen LogP contribution in [0.1, 0.15) is 13.3 Å². The summed E-state index contributed by atoms with van der Waals surface area (Å²) in [4.78, 5) is 10.8. The second-order valence-electron chi connectivity index (χ2n) is 2.35. The van der Waals surface area contributed by atoms with Crippen LogP contribution in [-0.2, 0) is 9.53 Å². The molecule has 0 aromatic rings. The summed E-state index contributed by atoms with van der Waals surface area (Å²) >= 11 is 0. The van der Waals surface area contributed by atoms with Gasteiger partial charge in [0, 0.05) is 5.92 Å². The van der Waals surface area contributed by atoms with Crippen LogP contribution in [0.4, 0.5) is 0 Å². The van der Waals surface area contributed by atoms with Crippen LogP contribution in [0.3, 0.4) is 0 Å². The van der Waals surface area contributed by atoms with Crippen molar-refractivity contribution in [1.82, 2.24) is 0 Å². The first-order valence-corrected chi connectivity index (χ1v) is 3.38. The lowest BCUT2D eigenvalue weighted by atomic mass is 10.3. The lowest BCUT2D eigenvalue weighted by molar-refractivity contribution is -0.144. The molecule has 0 aromatic heterocycles. The van der Waals surface area contributed by atoms with Crippen molar-refractivity contribution in [3.8, 4) is 5.92 Å². The van der Waals surface area contributed by atoms with Crippen molar-refractivity contribution in [3.63, 3.8) is 0 Å². The molecule has 1 rings (SSSR count). The predicted molar refractivity (Wildman–Crippen MR) is 35.4 cm³/mol. The summed E-state index contributed by atoms with van der Waals surface area (Å²) in [5.41, 5.74) is 0. The van der Waals surface area contributed by atoms with Crippen LogP contribution in [0.25, 0.3) is 0 Å². The van der Waals surface area contributed by atoms with Gasteiger partial charge < -0.3 is 4.74 Å². The normalized spacial score (nSPS) is 28.8. The number of hydrogen-bond donors (Lipinski definition) is 0. The van der Waals surface area contributed by atoms with Crippen LogP contribution in [0.5, 0.6) is 0 Å². The van der Waals surface area contributed by atoms with Crippen molar-refractivity contribution in [1.29, 1.82) is 0 Å². The molecule has 1 saturated carbocycles. The van der Waals surface area contributed by atoms with E-state index in [4.69, 9.17) is 11.2 Å². The number of rotatable bonds is 2. The number of carbonyl (C=O) groups excluding carboxylic acids is 1. The summed E-state index contributed by atoms with van der Waals surface area (Å²) in [5, 5.41) is 0. The second-order valence-corrected chi connectivity index (χ2v) is 2.35. The molecule has 53 valence electrons. The monoisotopic (exact) mass is 137 g/mol. The molecule has 0 amide bonds. The van der Waals surface area contributed by atoms with Gasteiger partial charge >= 0.3 is 5.97 Å². The lowest BCUT2D eigenvalue weighted by Gasteiger charge is -1.96. The van der Waals surface area contributed by atoms with Crippen LogP contribution in [0.2, 0.25) is 0 Å². The molecule has 2 heteroatoms. The largest absolute Gasteiger partial charge is 0.466 e. The van der Waals surface area contributed by atoms with Crippen molar-refractivity contribution in [2.75, 3.05) is 6.61 Å². The molecule has 0 heterocycles. The zero-order chi connectivity index (χ0) is 7.56. The highest BCUT2D eigenvalue weighted by Gasteiger charge is 2.42. The van der Waals surface area contributed by atoms with Gasteiger partial charge in [0.05, 0.1) is 12.5 Å². The maximum absolute atomic E-state index is 10.8. The molecule has 0 N–H and O–H groups in total. The molecule has 1 fully saturated rings. The summed E-state index contributed by atoms with van der Waals surface area (Å²) < 4.78 is 4.74. The van der Waals surface area contributed by atoms with E-state index < -0.39 is 0 Å². The summed E-state index contributed by atoms with van der Waals surface area (Å²) in [6, 6.07) is 0. The van der Waals surface area contributed by atoms with Crippen LogP contribution in [0.15, 0.2) is 0 Å². The van der Waals surface area contributed by atoms with E-state index in [1.807, 2.05) is 0 Å². The fourth-order valence-electron chi connectivity index (χ4n) is 0.864. The molecule has 2 atom stereocenters. The molecule has 0 spiro atoms. The Hall–Kier alpha value is -0.970. The minimum absolute atomic E-state index is 0.0408. The second kappa shape index (κ2) is 2.74. The molecular formula is C8H9O2. The molecule has 10 heavy (non-hydrogen) atoms. The van der Waals surface area contributed by atoms with Crippen LogP contribution in [-0.4, -0.2) is 12.6 Å². The van der Waals surface area contributed by atoms with Crippen molar-refractivity contribution >= 4 is 5.97 Å². The van der Waals surface area contributed by atoms with Gasteiger partial charge in [-0.1, -0.05) is 5.92 Å². The van der Waals surface area contributed by atoms with Crippen LogP contribution >= 0.6 is 0 Å². The molecule has 2 nitrogen and oxygen atoms in total. The highest BCUT2D eigenvalue weighted by molar-refractivity contribution is 5.76. The van der Waals surface area contributed by atoms with E-state index in [2.05, 4.69) is 5.92 Å². The average Bonchev–Trinajstić information content (AvgIpc) is 2.66. The maximum Gasteiger partial charge on any atom is 0.310 e. The average molecular weight is 137 g/mol. The number of ether oxygens (including phenoxy) is 1. The van der Waals surface area contributed by atoms with E-state index in [9.17, 15) is 4.79 Å². The van der Waals surface area contributed by atoms with Gasteiger partial charge in [0.1, 0.15) is 0 Å². The van der Waals surface area contributed by atoms with Gasteiger partial charge in [-0.25, -0.2) is 0 Å². The Morgan fingerprint density at radius 1 is 1.90 bits per heavy atom. The molecule has 0 aliphatic heterocycles.